The normalized spacial score (nSPS) is 11.9. The van der Waals surface area contributed by atoms with Crippen molar-refractivity contribution in [2.45, 2.75) is 47.1 Å². The maximum Gasteiger partial charge on any atom is 0.268 e. The van der Waals surface area contributed by atoms with Crippen molar-refractivity contribution in [2.75, 3.05) is 6.54 Å². The first-order valence-electron chi connectivity index (χ1n) is 7.08. The van der Waals surface area contributed by atoms with Crippen molar-refractivity contribution in [1.82, 2.24) is 15.6 Å². The first kappa shape index (κ1) is 16.9. The molecule has 1 aromatic rings. The van der Waals surface area contributed by atoms with Crippen LogP contribution in [0.2, 0.25) is 0 Å². The first-order valence-corrected chi connectivity index (χ1v) is 7.08. The smallest absolute Gasteiger partial charge is 0.268 e. The van der Waals surface area contributed by atoms with Gasteiger partial charge in [0, 0.05) is 17.8 Å². The third-order valence-corrected chi connectivity index (χ3v) is 3.31. The van der Waals surface area contributed by atoms with E-state index in [2.05, 4.69) is 15.6 Å². The topological polar surface area (TPSA) is 91.1 Å². The van der Waals surface area contributed by atoms with Crippen molar-refractivity contribution in [3.05, 3.63) is 22.5 Å². The van der Waals surface area contributed by atoms with Gasteiger partial charge in [-0.05, 0) is 39.7 Å². The van der Waals surface area contributed by atoms with Gasteiger partial charge in [0.25, 0.3) is 5.91 Å². The van der Waals surface area contributed by atoms with Gasteiger partial charge in [-0.2, -0.15) is 0 Å². The SMILES string of the molecule is CCCNC(=O)C(C)NC(=O)c1[nH]c(C)c(C(C)=O)c1C. The van der Waals surface area contributed by atoms with Gasteiger partial charge in [-0.25, -0.2) is 0 Å². The fourth-order valence-corrected chi connectivity index (χ4v) is 2.24. The highest BCUT2D eigenvalue weighted by molar-refractivity contribution is 6.03. The van der Waals surface area contributed by atoms with E-state index < -0.39 is 6.04 Å². The molecule has 1 heterocycles. The van der Waals surface area contributed by atoms with Crippen LogP contribution in [-0.2, 0) is 4.79 Å². The Bertz CT molecular complexity index is 561. The van der Waals surface area contributed by atoms with Crippen LogP contribution in [0.15, 0.2) is 0 Å². The number of nitrogens with one attached hydrogen (secondary N) is 3. The molecule has 0 bridgehead atoms. The molecule has 1 rings (SSSR count). The van der Waals surface area contributed by atoms with E-state index in [4.69, 9.17) is 0 Å². The van der Waals surface area contributed by atoms with Gasteiger partial charge in [0.2, 0.25) is 5.91 Å². The number of aromatic amines is 1. The zero-order valence-corrected chi connectivity index (χ0v) is 13.2. The van der Waals surface area contributed by atoms with E-state index in [9.17, 15) is 14.4 Å². The van der Waals surface area contributed by atoms with Crippen LogP contribution in [0.5, 0.6) is 0 Å². The van der Waals surface area contributed by atoms with Crippen LogP contribution in [0.25, 0.3) is 0 Å². The van der Waals surface area contributed by atoms with Gasteiger partial charge in [0.15, 0.2) is 5.78 Å². The lowest BCUT2D eigenvalue weighted by atomic mass is 10.1. The van der Waals surface area contributed by atoms with Crippen LogP contribution in [0.3, 0.4) is 0 Å². The maximum absolute atomic E-state index is 12.2. The summed E-state index contributed by atoms with van der Waals surface area (Å²) in [5.74, 6) is -0.700. The summed E-state index contributed by atoms with van der Waals surface area (Å²) in [6.07, 6.45) is 0.837. The molecule has 6 heteroatoms. The Morgan fingerprint density at radius 3 is 2.33 bits per heavy atom. The zero-order valence-electron chi connectivity index (χ0n) is 13.2. The van der Waals surface area contributed by atoms with Gasteiger partial charge in [-0.3, -0.25) is 14.4 Å². The molecule has 3 N–H and O–H groups in total. The Hall–Kier alpha value is -2.11. The molecule has 0 spiro atoms. The summed E-state index contributed by atoms with van der Waals surface area (Å²) in [6.45, 7) is 9.09. The Labute approximate surface area is 124 Å². The monoisotopic (exact) mass is 293 g/mol. The summed E-state index contributed by atoms with van der Waals surface area (Å²) in [6, 6.07) is -0.632. The number of aryl methyl sites for hydroxylation is 1. The van der Waals surface area contributed by atoms with Crippen LogP contribution < -0.4 is 10.6 Å². The molecule has 0 radical (unpaired) electrons. The molecule has 0 aromatic carbocycles. The van der Waals surface area contributed by atoms with E-state index in [-0.39, 0.29) is 17.6 Å². The molecular formula is C15H23N3O3. The van der Waals surface area contributed by atoms with Gasteiger partial charge in [-0.1, -0.05) is 6.92 Å². The van der Waals surface area contributed by atoms with E-state index in [1.807, 2.05) is 6.92 Å². The second-order valence-corrected chi connectivity index (χ2v) is 5.17. The van der Waals surface area contributed by atoms with Crippen LogP contribution >= 0.6 is 0 Å². The largest absolute Gasteiger partial charge is 0.354 e. The molecule has 0 fully saturated rings. The summed E-state index contributed by atoms with van der Waals surface area (Å²) in [5.41, 5.74) is 2.13. The lowest BCUT2D eigenvalue weighted by Crippen LogP contribution is -2.45. The standard InChI is InChI=1S/C15H23N3O3/c1-6-7-16-14(20)10(4)18-15(21)13-8(2)12(11(5)19)9(3)17-13/h10,17H,6-7H2,1-5H3,(H,16,20)(H,18,21). The number of carbonyl (C=O) groups excluding carboxylic acids is 3. The summed E-state index contributed by atoms with van der Waals surface area (Å²) >= 11 is 0. The van der Waals surface area contributed by atoms with Gasteiger partial charge in [0.1, 0.15) is 11.7 Å². The van der Waals surface area contributed by atoms with Crippen LogP contribution in [-0.4, -0.2) is 35.2 Å². The molecule has 21 heavy (non-hydrogen) atoms. The molecule has 6 nitrogen and oxygen atoms in total. The summed E-state index contributed by atoms with van der Waals surface area (Å²) < 4.78 is 0. The number of hydrogen-bond acceptors (Lipinski definition) is 3. The molecule has 1 aromatic heterocycles. The van der Waals surface area contributed by atoms with Crippen molar-refractivity contribution in [2.24, 2.45) is 0 Å². The van der Waals surface area contributed by atoms with E-state index in [0.717, 1.165) is 6.42 Å². The lowest BCUT2D eigenvalue weighted by molar-refractivity contribution is -0.122. The van der Waals surface area contributed by atoms with Gasteiger partial charge >= 0.3 is 0 Å². The van der Waals surface area contributed by atoms with E-state index in [1.54, 1.807) is 20.8 Å². The Kier molecular flexibility index (Phi) is 5.69. The predicted molar refractivity (Wildman–Crippen MR) is 80.5 cm³/mol. The minimum Gasteiger partial charge on any atom is -0.354 e. The average Bonchev–Trinajstić information content (AvgIpc) is 2.71. The van der Waals surface area contributed by atoms with Crippen molar-refractivity contribution in [3.63, 3.8) is 0 Å². The van der Waals surface area contributed by atoms with E-state index in [0.29, 0.717) is 29.1 Å². The fourth-order valence-electron chi connectivity index (χ4n) is 2.24. The molecule has 1 atom stereocenters. The van der Waals surface area contributed by atoms with Crippen molar-refractivity contribution in [1.29, 1.82) is 0 Å². The van der Waals surface area contributed by atoms with Crippen molar-refractivity contribution in [3.8, 4) is 0 Å². The third-order valence-electron chi connectivity index (χ3n) is 3.31. The number of hydrogen-bond donors (Lipinski definition) is 3. The summed E-state index contributed by atoms with van der Waals surface area (Å²) in [4.78, 5) is 38.4. The Morgan fingerprint density at radius 1 is 1.24 bits per heavy atom. The van der Waals surface area contributed by atoms with Gasteiger partial charge < -0.3 is 15.6 Å². The van der Waals surface area contributed by atoms with Crippen LogP contribution in [0.1, 0.15) is 59.3 Å². The predicted octanol–water partition coefficient (Wildman–Crippen LogP) is 1.48. The fraction of sp³-hybridized carbons (Fsp3) is 0.533. The number of rotatable bonds is 6. The highest BCUT2D eigenvalue weighted by atomic mass is 16.2. The Balaban J connectivity index is 2.83. The quantitative estimate of drug-likeness (QED) is 0.694. The number of Topliss-reactive ketones (excluding diaryl/α,β-unsaturated/α-hetero) is 1. The third kappa shape index (κ3) is 3.93. The van der Waals surface area contributed by atoms with E-state index >= 15 is 0 Å². The second-order valence-electron chi connectivity index (χ2n) is 5.17. The molecule has 0 aliphatic rings. The molecule has 2 amide bonds. The number of ketones is 1. The van der Waals surface area contributed by atoms with Crippen molar-refractivity contribution >= 4 is 17.6 Å². The number of aromatic nitrogens is 1. The molecule has 0 aliphatic carbocycles. The molecule has 1 unspecified atom stereocenters. The highest BCUT2D eigenvalue weighted by Gasteiger charge is 2.22. The van der Waals surface area contributed by atoms with Crippen LogP contribution in [0.4, 0.5) is 0 Å². The summed E-state index contributed by atoms with van der Waals surface area (Å²) in [5, 5.41) is 5.35. The molecular weight excluding hydrogens is 270 g/mol. The van der Waals surface area contributed by atoms with Gasteiger partial charge in [0.05, 0.1) is 0 Å². The number of amides is 2. The maximum atomic E-state index is 12.2. The zero-order chi connectivity index (χ0) is 16.2. The first-order chi connectivity index (χ1) is 9.79. The summed E-state index contributed by atoms with van der Waals surface area (Å²) in [7, 11) is 0. The molecule has 116 valence electrons. The van der Waals surface area contributed by atoms with Crippen LogP contribution in [0, 0.1) is 13.8 Å². The number of H-pyrrole nitrogens is 1. The number of carbonyl (C=O) groups is 3. The minimum absolute atomic E-state index is 0.0889. The second kappa shape index (κ2) is 7.06. The molecule has 0 saturated heterocycles. The van der Waals surface area contributed by atoms with E-state index in [1.165, 1.54) is 6.92 Å². The van der Waals surface area contributed by atoms with Crippen molar-refractivity contribution < 1.29 is 14.4 Å². The average molecular weight is 293 g/mol. The lowest BCUT2D eigenvalue weighted by Gasteiger charge is -2.13. The minimum atomic E-state index is -0.632. The van der Waals surface area contributed by atoms with Gasteiger partial charge in [-0.15, -0.1) is 0 Å². The Morgan fingerprint density at radius 2 is 1.86 bits per heavy atom. The molecule has 0 aliphatic heterocycles. The highest BCUT2D eigenvalue weighted by Crippen LogP contribution is 2.18. The molecule has 0 saturated carbocycles.